The first-order valence-electron chi connectivity index (χ1n) is 8.47. The summed E-state index contributed by atoms with van der Waals surface area (Å²) in [5.74, 6) is 0.260. The lowest BCUT2D eigenvalue weighted by atomic mass is 10.2. The molecule has 0 fully saturated rings. The molecule has 0 bridgehead atoms. The minimum atomic E-state index is -0.494. The lowest BCUT2D eigenvalue weighted by Crippen LogP contribution is -2.21. The van der Waals surface area contributed by atoms with Crippen molar-refractivity contribution in [1.29, 1.82) is 0 Å². The van der Waals surface area contributed by atoms with Gasteiger partial charge in [0.25, 0.3) is 5.91 Å². The molecule has 0 saturated heterocycles. The number of rotatable bonds is 7. The topological polar surface area (TPSA) is 64.6 Å². The van der Waals surface area contributed by atoms with Crippen LogP contribution in [0, 0.1) is 6.92 Å². The van der Waals surface area contributed by atoms with Gasteiger partial charge in [0.2, 0.25) is 0 Å². The number of benzene rings is 2. The minimum Gasteiger partial charge on any atom is -0.455 e. The fourth-order valence-corrected chi connectivity index (χ4v) is 2.21. The Labute approximate surface area is 153 Å². The number of hydrogen-bond acceptors (Lipinski definition) is 4. The first-order chi connectivity index (χ1) is 12.5. The van der Waals surface area contributed by atoms with Crippen LogP contribution in [0.4, 0.5) is 5.69 Å². The average Bonchev–Trinajstić information content (AvgIpc) is 2.63. The van der Waals surface area contributed by atoms with Crippen molar-refractivity contribution in [1.82, 2.24) is 0 Å². The summed E-state index contributed by atoms with van der Waals surface area (Å²) in [6.07, 6.45) is 2.49. The standard InChI is InChI=1S/C21H23NO4/c1-4-7-16(3)21(24)25-14-20(23)22-18-8-5-6-9-19(18)26-17-12-10-15(2)11-13-17/h5-13H,4,14H2,1-3H3,(H,22,23)/b16-7-. The summed E-state index contributed by atoms with van der Waals surface area (Å²) in [6.45, 7) is 5.23. The molecular formula is C21H23NO4. The largest absolute Gasteiger partial charge is 0.455 e. The van der Waals surface area contributed by atoms with Crippen molar-refractivity contribution >= 4 is 17.6 Å². The van der Waals surface area contributed by atoms with E-state index in [2.05, 4.69) is 5.32 Å². The average molecular weight is 353 g/mol. The van der Waals surface area contributed by atoms with E-state index in [4.69, 9.17) is 9.47 Å². The van der Waals surface area contributed by atoms with E-state index >= 15 is 0 Å². The molecule has 0 saturated carbocycles. The van der Waals surface area contributed by atoms with Crippen LogP contribution in [0.25, 0.3) is 0 Å². The molecule has 2 aromatic carbocycles. The van der Waals surface area contributed by atoms with Gasteiger partial charge in [0.15, 0.2) is 12.4 Å². The minimum absolute atomic E-state index is 0.355. The molecule has 0 heterocycles. The van der Waals surface area contributed by atoms with Crippen molar-refractivity contribution in [2.45, 2.75) is 27.2 Å². The van der Waals surface area contributed by atoms with Gasteiger partial charge in [-0.3, -0.25) is 4.79 Å². The van der Waals surface area contributed by atoms with Gasteiger partial charge in [0.1, 0.15) is 5.75 Å². The Morgan fingerprint density at radius 1 is 1.08 bits per heavy atom. The third-order valence-electron chi connectivity index (χ3n) is 3.58. The zero-order chi connectivity index (χ0) is 18.9. The summed E-state index contributed by atoms with van der Waals surface area (Å²) in [6, 6.07) is 14.7. The van der Waals surface area contributed by atoms with Gasteiger partial charge in [-0.2, -0.15) is 0 Å². The van der Waals surface area contributed by atoms with Gasteiger partial charge in [-0.15, -0.1) is 0 Å². The second kappa shape index (κ2) is 9.42. The van der Waals surface area contributed by atoms with E-state index in [0.29, 0.717) is 22.8 Å². The Morgan fingerprint density at radius 3 is 2.46 bits per heavy atom. The highest BCUT2D eigenvalue weighted by atomic mass is 16.5. The van der Waals surface area contributed by atoms with Crippen LogP contribution in [0.1, 0.15) is 25.8 Å². The number of anilines is 1. The van der Waals surface area contributed by atoms with Gasteiger partial charge >= 0.3 is 5.97 Å². The maximum Gasteiger partial charge on any atom is 0.333 e. The third-order valence-corrected chi connectivity index (χ3v) is 3.58. The van der Waals surface area contributed by atoms with Gasteiger partial charge < -0.3 is 14.8 Å². The van der Waals surface area contributed by atoms with Crippen LogP contribution >= 0.6 is 0 Å². The van der Waals surface area contributed by atoms with Crippen molar-refractivity contribution in [2.24, 2.45) is 0 Å². The zero-order valence-corrected chi connectivity index (χ0v) is 15.2. The summed E-state index contributed by atoms with van der Waals surface area (Å²) in [4.78, 5) is 23.8. The molecule has 1 amide bonds. The third kappa shape index (κ3) is 5.77. The van der Waals surface area contributed by atoms with E-state index in [9.17, 15) is 9.59 Å². The molecule has 5 nitrogen and oxygen atoms in total. The molecule has 0 atom stereocenters. The number of carbonyl (C=O) groups excluding carboxylic acids is 2. The van der Waals surface area contributed by atoms with Crippen molar-refractivity contribution in [3.8, 4) is 11.5 Å². The van der Waals surface area contributed by atoms with Crippen molar-refractivity contribution in [3.63, 3.8) is 0 Å². The van der Waals surface area contributed by atoms with Crippen LogP contribution in [0.5, 0.6) is 11.5 Å². The van der Waals surface area contributed by atoms with Gasteiger partial charge in [-0.05, 0) is 44.5 Å². The number of para-hydroxylation sites is 2. The SMILES string of the molecule is CC/C=C(/C)C(=O)OCC(=O)Nc1ccccc1Oc1ccc(C)cc1. The molecule has 2 rings (SSSR count). The van der Waals surface area contributed by atoms with Crippen molar-refractivity contribution in [3.05, 3.63) is 65.7 Å². The lowest BCUT2D eigenvalue weighted by Gasteiger charge is -2.12. The molecule has 136 valence electrons. The number of ether oxygens (including phenoxy) is 2. The first-order valence-corrected chi connectivity index (χ1v) is 8.47. The van der Waals surface area contributed by atoms with Crippen LogP contribution in [-0.4, -0.2) is 18.5 Å². The molecule has 1 N–H and O–H groups in total. The zero-order valence-electron chi connectivity index (χ0n) is 15.2. The highest BCUT2D eigenvalue weighted by Crippen LogP contribution is 2.29. The fraction of sp³-hybridized carbons (Fsp3) is 0.238. The van der Waals surface area contributed by atoms with Crippen LogP contribution in [0.15, 0.2) is 60.2 Å². The second-order valence-corrected chi connectivity index (χ2v) is 5.83. The molecule has 0 aliphatic carbocycles. The molecule has 0 aliphatic rings. The number of hydrogen-bond donors (Lipinski definition) is 1. The Kier molecular flexibility index (Phi) is 6.97. The Balaban J connectivity index is 1.98. The Bertz CT molecular complexity index is 794. The highest BCUT2D eigenvalue weighted by Gasteiger charge is 2.12. The van der Waals surface area contributed by atoms with E-state index in [1.807, 2.05) is 44.2 Å². The predicted molar refractivity (Wildman–Crippen MR) is 101 cm³/mol. The molecule has 0 aromatic heterocycles. The second-order valence-electron chi connectivity index (χ2n) is 5.83. The number of amides is 1. The van der Waals surface area contributed by atoms with Crippen LogP contribution < -0.4 is 10.1 Å². The first kappa shape index (κ1) is 19.2. The van der Waals surface area contributed by atoms with Crippen LogP contribution in [0.3, 0.4) is 0 Å². The van der Waals surface area contributed by atoms with E-state index in [1.165, 1.54) is 0 Å². The molecule has 5 heteroatoms. The Hall–Kier alpha value is -3.08. The maximum absolute atomic E-state index is 12.1. The number of aryl methyl sites for hydroxylation is 1. The van der Waals surface area contributed by atoms with Crippen molar-refractivity contribution < 1.29 is 19.1 Å². The number of nitrogens with one attached hydrogen (secondary N) is 1. The van der Waals surface area contributed by atoms with E-state index < -0.39 is 11.9 Å². The number of allylic oxidation sites excluding steroid dienone is 1. The normalized spacial score (nSPS) is 11.0. The molecular weight excluding hydrogens is 330 g/mol. The summed E-state index contributed by atoms with van der Waals surface area (Å²) in [5, 5.41) is 2.71. The smallest absolute Gasteiger partial charge is 0.333 e. The molecule has 0 radical (unpaired) electrons. The monoisotopic (exact) mass is 353 g/mol. The Morgan fingerprint density at radius 2 is 1.77 bits per heavy atom. The van der Waals surface area contributed by atoms with Gasteiger partial charge in [0, 0.05) is 5.57 Å². The lowest BCUT2D eigenvalue weighted by molar-refractivity contribution is -0.143. The van der Waals surface area contributed by atoms with Crippen molar-refractivity contribution in [2.75, 3.05) is 11.9 Å². The molecule has 2 aromatic rings. The quantitative estimate of drug-likeness (QED) is 0.582. The number of esters is 1. The molecule has 0 aliphatic heterocycles. The summed E-state index contributed by atoms with van der Waals surface area (Å²) in [5.41, 5.74) is 2.13. The molecule has 26 heavy (non-hydrogen) atoms. The summed E-state index contributed by atoms with van der Waals surface area (Å²) < 4.78 is 10.8. The van der Waals surface area contributed by atoms with E-state index in [0.717, 1.165) is 12.0 Å². The van der Waals surface area contributed by atoms with Gasteiger partial charge in [0.05, 0.1) is 5.69 Å². The van der Waals surface area contributed by atoms with Crippen LogP contribution in [0.2, 0.25) is 0 Å². The van der Waals surface area contributed by atoms with E-state index in [1.54, 1.807) is 31.2 Å². The summed E-state index contributed by atoms with van der Waals surface area (Å²) in [7, 11) is 0. The van der Waals surface area contributed by atoms with Crippen LogP contribution in [-0.2, 0) is 14.3 Å². The van der Waals surface area contributed by atoms with Gasteiger partial charge in [-0.1, -0.05) is 42.8 Å². The highest BCUT2D eigenvalue weighted by molar-refractivity contribution is 5.95. The van der Waals surface area contributed by atoms with E-state index in [-0.39, 0.29) is 6.61 Å². The fourth-order valence-electron chi connectivity index (χ4n) is 2.21. The predicted octanol–water partition coefficient (Wildman–Crippen LogP) is 4.63. The molecule has 0 spiro atoms. The maximum atomic E-state index is 12.1. The summed E-state index contributed by atoms with van der Waals surface area (Å²) >= 11 is 0. The number of carbonyl (C=O) groups is 2. The molecule has 0 unspecified atom stereocenters. The van der Waals surface area contributed by atoms with Gasteiger partial charge in [-0.25, -0.2) is 4.79 Å².